The van der Waals surface area contributed by atoms with Crippen LogP contribution in [0.2, 0.25) is 0 Å². The second-order valence-electron chi connectivity index (χ2n) is 1.80. The number of rotatable bonds is 2. The third-order valence-corrected chi connectivity index (χ3v) is 1.46. The van der Waals surface area contributed by atoms with Crippen molar-refractivity contribution in [3.05, 3.63) is 0 Å². The number of aliphatic carboxylic acids is 1. The van der Waals surface area contributed by atoms with E-state index >= 15 is 0 Å². The highest BCUT2D eigenvalue weighted by atomic mass is 35.5. The molecule has 0 amide bonds. The zero-order chi connectivity index (χ0) is 6.73. The summed E-state index contributed by atoms with van der Waals surface area (Å²) in [5, 5.41) is 7.98. The molecule has 1 N–H and O–H groups in total. The van der Waals surface area contributed by atoms with Crippen molar-refractivity contribution in [1.82, 2.24) is 0 Å². The highest BCUT2D eigenvalue weighted by Crippen LogP contribution is 2.08. The molecule has 48 valence electrons. The molecule has 8 heavy (non-hydrogen) atoms. The standard InChI is InChI=1S/C5H9ClO2/c1-3(4(2)6)5(7)8/h3-4H,1-2H3,(H,7,8). The minimum absolute atomic E-state index is 0.285. The zero-order valence-electron chi connectivity index (χ0n) is 4.89. The normalized spacial score (nSPS) is 17.4. The molecular weight excluding hydrogens is 128 g/mol. The van der Waals surface area contributed by atoms with Gasteiger partial charge in [-0.1, -0.05) is 6.92 Å². The summed E-state index contributed by atoms with van der Waals surface area (Å²) >= 11 is 5.44. The van der Waals surface area contributed by atoms with Crippen LogP contribution >= 0.6 is 11.6 Å². The first kappa shape index (κ1) is 7.76. The molecule has 0 radical (unpaired) electrons. The van der Waals surface area contributed by atoms with Crippen molar-refractivity contribution >= 4 is 17.6 Å². The molecule has 0 aliphatic carbocycles. The summed E-state index contributed by atoms with van der Waals surface area (Å²) in [7, 11) is 0. The topological polar surface area (TPSA) is 37.3 Å². The maximum atomic E-state index is 10.1. The molecular formula is C5H9ClO2. The van der Waals surface area contributed by atoms with Gasteiger partial charge in [0.1, 0.15) is 0 Å². The van der Waals surface area contributed by atoms with Crippen LogP contribution in [-0.4, -0.2) is 16.5 Å². The van der Waals surface area contributed by atoms with E-state index in [-0.39, 0.29) is 5.38 Å². The molecule has 2 atom stereocenters. The van der Waals surface area contributed by atoms with E-state index in [2.05, 4.69) is 0 Å². The van der Waals surface area contributed by atoms with E-state index in [0.717, 1.165) is 0 Å². The SMILES string of the molecule is CC(Cl)C(C)C(=O)O. The molecule has 0 saturated carbocycles. The van der Waals surface area contributed by atoms with Crippen LogP contribution in [0.15, 0.2) is 0 Å². The Labute approximate surface area is 53.5 Å². The summed E-state index contributed by atoms with van der Waals surface area (Å²) in [5.74, 6) is -1.29. The number of alkyl halides is 1. The van der Waals surface area contributed by atoms with Gasteiger partial charge < -0.3 is 5.11 Å². The smallest absolute Gasteiger partial charge is 0.307 e. The molecule has 0 fully saturated rings. The van der Waals surface area contributed by atoms with E-state index in [9.17, 15) is 4.79 Å². The number of hydrogen-bond donors (Lipinski definition) is 1. The van der Waals surface area contributed by atoms with Crippen molar-refractivity contribution in [2.75, 3.05) is 0 Å². The van der Waals surface area contributed by atoms with Crippen molar-refractivity contribution in [2.24, 2.45) is 5.92 Å². The van der Waals surface area contributed by atoms with Gasteiger partial charge in [-0.05, 0) is 6.92 Å². The predicted molar refractivity (Wildman–Crippen MR) is 32.1 cm³/mol. The Kier molecular flexibility index (Phi) is 2.84. The zero-order valence-corrected chi connectivity index (χ0v) is 5.64. The van der Waals surface area contributed by atoms with E-state index in [1.54, 1.807) is 13.8 Å². The molecule has 0 spiro atoms. The molecule has 0 aromatic heterocycles. The van der Waals surface area contributed by atoms with Gasteiger partial charge in [0.2, 0.25) is 0 Å². The van der Waals surface area contributed by atoms with Crippen LogP contribution in [0.1, 0.15) is 13.8 Å². The Morgan fingerprint density at radius 2 is 2.00 bits per heavy atom. The van der Waals surface area contributed by atoms with Gasteiger partial charge in [0.25, 0.3) is 0 Å². The Morgan fingerprint density at radius 1 is 1.62 bits per heavy atom. The van der Waals surface area contributed by atoms with Crippen LogP contribution in [0.3, 0.4) is 0 Å². The van der Waals surface area contributed by atoms with E-state index < -0.39 is 11.9 Å². The first-order valence-corrected chi connectivity index (χ1v) is 2.86. The summed E-state index contributed by atoms with van der Waals surface area (Å²) in [5.41, 5.74) is 0. The van der Waals surface area contributed by atoms with Crippen molar-refractivity contribution in [3.8, 4) is 0 Å². The molecule has 3 heteroatoms. The third-order valence-electron chi connectivity index (χ3n) is 1.08. The Morgan fingerprint density at radius 3 is 2.00 bits per heavy atom. The van der Waals surface area contributed by atoms with Crippen LogP contribution in [0.4, 0.5) is 0 Å². The number of carboxylic acids is 1. The molecule has 0 rings (SSSR count). The monoisotopic (exact) mass is 136 g/mol. The number of carboxylic acid groups (broad SMARTS) is 1. The molecule has 2 unspecified atom stereocenters. The average Bonchev–Trinajstić information content (AvgIpc) is 1.64. The van der Waals surface area contributed by atoms with Crippen molar-refractivity contribution in [1.29, 1.82) is 0 Å². The quantitative estimate of drug-likeness (QED) is 0.582. The van der Waals surface area contributed by atoms with Gasteiger partial charge >= 0.3 is 5.97 Å². The fourth-order valence-corrected chi connectivity index (χ4v) is 0.304. The minimum Gasteiger partial charge on any atom is -0.481 e. The molecule has 0 heterocycles. The molecule has 2 nitrogen and oxygen atoms in total. The summed E-state index contributed by atoms with van der Waals surface area (Å²) in [6.07, 6.45) is 0. The van der Waals surface area contributed by atoms with Crippen LogP contribution in [0.25, 0.3) is 0 Å². The Bertz CT molecular complexity index is 90.4. The lowest BCUT2D eigenvalue weighted by atomic mass is 10.1. The highest BCUT2D eigenvalue weighted by molar-refractivity contribution is 6.21. The van der Waals surface area contributed by atoms with E-state index in [1.165, 1.54) is 0 Å². The van der Waals surface area contributed by atoms with Gasteiger partial charge in [0.05, 0.1) is 5.92 Å². The average molecular weight is 137 g/mol. The summed E-state index contributed by atoms with van der Waals surface area (Å²) in [6, 6.07) is 0. The number of carbonyl (C=O) groups is 1. The van der Waals surface area contributed by atoms with Gasteiger partial charge in [-0.2, -0.15) is 0 Å². The van der Waals surface area contributed by atoms with Gasteiger partial charge in [-0.3, -0.25) is 4.79 Å². The van der Waals surface area contributed by atoms with Crippen molar-refractivity contribution < 1.29 is 9.90 Å². The third kappa shape index (κ3) is 2.17. The first-order chi connectivity index (χ1) is 3.55. The lowest BCUT2D eigenvalue weighted by molar-refractivity contribution is -0.141. The second-order valence-corrected chi connectivity index (χ2v) is 2.49. The molecule has 0 aliphatic rings. The minimum atomic E-state index is -0.840. The maximum Gasteiger partial charge on any atom is 0.307 e. The fourth-order valence-electron chi connectivity index (χ4n) is 0.196. The van der Waals surface area contributed by atoms with Gasteiger partial charge in [0, 0.05) is 5.38 Å². The molecule has 0 aliphatic heterocycles. The first-order valence-electron chi connectivity index (χ1n) is 2.42. The van der Waals surface area contributed by atoms with Gasteiger partial charge in [-0.25, -0.2) is 0 Å². The lowest BCUT2D eigenvalue weighted by Gasteiger charge is -2.05. The lowest BCUT2D eigenvalue weighted by Crippen LogP contribution is -2.17. The second kappa shape index (κ2) is 2.92. The highest BCUT2D eigenvalue weighted by Gasteiger charge is 2.15. The van der Waals surface area contributed by atoms with Crippen LogP contribution in [0.5, 0.6) is 0 Å². The van der Waals surface area contributed by atoms with Crippen LogP contribution in [-0.2, 0) is 4.79 Å². The Hall–Kier alpha value is -0.240. The van der Waals surface area contributed by atoms with E-state index in [4.69, 9.17) is 16.7 Å². The van der Waals surface area contributed by atoms with Crippen molar-refractivity contribution in [2.45, 2.75) is 19.2 Å². The number of halogens is 1. The van der Waals surface area contributed by atoms with Crippen LogP contribution in [0, 0.1) is 5.92 Å². The molecule has 0 bridgehead atoms. The van der Waals surface area contributed by atoms with Gasteiger partial charge in [0.15, 0.2) is 0 Å². The molecule has 0 aromatic carbocycles. The maximum absolute atomic E-state index is 10.1. The fraction of sp³-hybridized carbons (Fsp3) is 0.800. The van der Waals surface area contributed by atoms with Crippen LogP contribution < -0.4 is 0 Å². The summed E-state index contributed by atoms with van der Waals surface area (Å²) in [6.45, 7) is 3.25. The van der Waals surface area contributed by atoms with Crippen molar-refractivity contribution in [3.63, 3.8) is 0 Å². The largest absolute Gasteiger partial charge is 0.481 e. The summed E-state index contributed by atoms with van der Waals surface area (Å²) < 4.78 is 0. The predicted octanol–water partition coefficient (Wildman–Crippen LogP) is 1.33. The van der Waals surface area contributed by atoms with E-state index in [0.29, 0.717) is 0 Å². The molecule has 0 saturated heterocycles. The van der Waals surface area contributed by atoms with Gasteiger partial charge in [-0.15, -0.1) is 11.6 Å². The number of hydrogen-bond acceptors (Lipinski definition) is 1. The Balaban J connectivity index is 3.64. The summed E-state index contributed by atoms with van der Waals surface area (Å²) in [4.78, 5) is 10.1. The molecule has 0 aromatic rings. The van der Waals surface area contributed by atoms with E-state index in [1.807, 2.05) is 0 Å².